The van der Waals surface area contributed by atoms with Crippen LogP contribution in [0.15, 0.2) is 60.7 Å². The predicted octanol–water partition coefficient (Wildman–Crippen LogP) is 9.78. The lowest BCUT2D eigenvalue weighted by Crippen LogP contribution is -2.25. The molecule has 1 aliphatic rings. The van der Waals surface area contributed by atoms with Crippen molar-refractivity contribution in [1.82, 2.24) is 0 Å². The average Bonchev–Trinajstić information content (AvgIpc) is 3.41. The first-order valence-corrected chi connectivity index (χ1v) is 12.2. The molecule has 0 amide bonds. The van der Waals surface area contributed by atoms with Crippen molar-refractivity contribution in [3.8, 4) is 28.0 Å². The standard InChI is InChI=1S/C30H19F9O/c31-21-13-20(14-22(32)27(21)19-11-25(35)29(37)26(36)12-19)40-30(38,39)28-23(33)9-18(10-24(28)34)17-7-5-16(6-8-17)15-3-1-2-4-15/h5-15H,1-4H2. The number of benzene rings is 4. The van der Waals surface area contributed by atoms with Crippen molar-refractivity contribution in [3.05, 3.63) is 113 Å². The quantitative estimate of drug-likeness (QED) is 0.167. The lowest BCUT2D eigenvalue weighted by Gasteiger charge is -2.20. The second kappa shape index (κ2) is 10.6. The summed E-state index contributed by atoms with van der Waals surface area (Å²) in [6.45, 7) is 0. The molecule has 0 heterocycles. The molecule has 0 radical (unpaired) electrons. The summed E-state index contributed by atoms with van der Waals surface area (Å²) in [6, 6.07) is 9.42. The van der Waals surface area contributed by atoms with Crippen molar-refractivity contribution in [2.45, 2.75) is 37.7 Å². The van der Waals surface area contributed by atoms with Crippen LogP contribution in [-0.4, -0.2) is 0 Å². The molecule has 0 aliphatic heterocycles. The highest BCUT2D eigenvalue weighted by Gasteiger charge is 2.41. The minimum Gasteiger partial charge on any atom is -0.429 e. The summed E-state index contributed by atoms with van der Waals surface area (Å²) in [5.41, 5.74) is -2.13. The van der Waals surface area contributed by atoms with E-state index in [-0.39, 0.29) is 17.7 Å². The third-order valence-corrected chi connectivity index (χ3v) is 6.94. The molecular formula is C30H19F9O. The van der Waals surface area contributed by atoms with E-state index < -0.39 is 69.3 Å². The molecule has 0 saturated heterocycles. The van der Waals surface area contributed by atoms with Crippen LogP contribution in [0, 0.1) is 40.7 Å². The highest BCUT2D eigenvalue weighted by atomic mass is 19.3. The molecule has 10 heteroatoms. The first kappa shape index (κ1) is 27.6. The second-order valence-electron chi connectivity index (χ2n) is 9.55. The molecule has 4 aromatic rings. The molecule has 5 rings (SSSR count). The van der Waals surface area contributed by atoms with Crippen LogP contribution in [0.4, 0.5) is 39.5 Å². The van der Waals surface area contributed by atoms with Crippen molar-refractivity contribution in [1.29, 1.82) is 0 Å². The van der Waals surface area contributed by atoms with E-state index in [1.165, 1.54) is 0 Å². The van der Waals surface area contributed by atoms with Gasteiger partial charge in [0.2, 0.25) is 0 Å². The number of hydrogen-bond donors (Lipinski definition) is 0. The summed E-state index contributed by atoms with van der Waals surface area (Å²) < 4.78 is 133. The molecule has 1 aliphatic carbocycles. The first-order chi connectivity index (χ1) is 18.9. The summed E-state index contributed by atoms with van der Waals surface area (Å²) in [7, 11) is 0. The third kappa shape index (κ3) is 5.26. The van der Waals surface area contributed by atoms with Gasteiger partial charge in [0, 0.05) is 12.1 Å². The molecule has 0 bridgehead atoms. The van der Waals surface area contributed by atoms with Gasteiger partial charge >= 0.3 is 6.11 Å². The lowest BCUT2D eigenvalue weighted by atomic mass is 9.94. The summed E-state index contributed by atoms with van der Waals surface area (Å²) in [6.07, 6.45) is -0.373. The van der Waals surface area contributed by atoms with E-state index in [1.54, 1.807) is 12.1 Å². The Morgan fingerprint density at radius 3 is 1.60 bits per heavy atom. The highest BCUT2D eigenvalue weighted by molar-refractivity contribution is 5.67. The molecule has 208 valence electrons. The molecule has 4 aromatic carbocycles. The van der Waals surface area contributed by atoms with Gasteiger partial charge in [0.05, 0.1) is 5.56 Å². The van der Waals surface area contributed by atoms with Crippen molar-refractivity contribution >= 4 is 0 Å². The molecule has 40 heavy (non-hydrogen) atoms. The Morgan fingerprint density at radius 1 is 0.575 bits per heavy atom. The fourth-order valence-electron chi connectivity index (χ4n) is 5.01. The van der Waals surface area contributed by atoms with Crippen LogP contribution in [-0.2, 0) is 6.11 Å². The molecule has 0 unspecified atom stereocenters. The SMILES string of the molecule is Fc1cc(-c2c(F)cc(OC(F)(F)c3c(F)cc(-c4ccc(C5CCCC5)cc4)cc3F)cc2F)cc(F)c1F. The number of alkyl halides is 2. The van der Waals surface area contributed by atoms with Crippen LogP contribution in [0.3, 0.4) is 0 Å². The van der Waals surface area contributed by atoms with E-state index in [4.69, 9.17) is 0 Å². The molecule has 1 fully saturated rings. The smallest absolute Gasteiger partial charge is 0.429 e. The molecule has 0 spiro atoms. The fraction of sp³-hybridized carbons (Fsp3) is 0.200. The highest BCUT2D eigenvalue weighted by Crippen LogP contribution is 2.40. The molecule has 1 nitrogen and oxygen atoms in total. The molecule has 0 atom stereocenters. The summed E-state index contributed by atoms with van der Waals surface area (Å²) in [5.74, 6) is -12.6. The van der Waals surface area contributed by atoms with Gasteiger partial charge < -0.3 is 4.74 Å². The van der Waals surface area contributed by atoms with Gasteiger partial charge in [-0.25, -0.2) is 30.7 Å². The van der Waals surface area contributed by atoms with Crippen molar-refractivity contribution in [3.63, 3.8) is 0 Å². The predicted molar refractivity (Wildman–Crippen MR) is 129 cm³/mol. The number of rotatable bonds is 6. The molecule has 0 N–H and O–H groups in total. The van der Waals surface area contributed by atoms with E-state index in [2.05, 4.69) is 4.74 Å². The maximum atomic E-state index is 14.9. The van der Waals surface area contributed by atoms with Gasteiger partial charge in [0.25, 0.3) is 0 Å². The van der Waals surface area contributed by atoms with Gasteiger partial charge in [-0.05, 0) is 65.3 Å². The van der Waals surface area contributed by atoms with Gasteiger partial charge in [-0.2, -0.15) is 8.78 Å². The average molecular weight is 566 g/mol. The zero-order valence-electron chi connectivity index (χ0n) is 20.5. The summed E-state index contributed by atoms with van der Waals surface area (Å²) in [5, 5.41) is 0. The third-order valence-electron chi connectivity index (χ3n) is 6.94. The summed E-state index contributed by atoms with van der Waals surface area (Å²) >= 11 is 0. The Balaban J connectivity index is 1.41. The molecule has 0 aromatic heterocycles. The Kier molecular flexibility index (Phi) is 7.29. The van der Waals surface area contributed by atoms with Crippen LogP contribution in [0.1, 0.15) is 42.7 Å². The zero-order valence-corrected chi connectivity index (χ0v) is 20.5. The van der Waals surface area contributed by atoms with Crippen LogP contribution >= 0.6 is 0 Å². The van der Waals surface area contributed by atoms with E-state index in [1.807, 2.05) is 12.1 Å². The fourth-order valence-corrected chi connectivity index (χ4v) is 5.01. The Hall–Kier alpha value is -3.95. The minimum atomic E-state index is -4.71. The van der Waals surface area contributed by atoms with Crippen molar-refractivity contribution in [2.24, 2.45) is 0 Å². The van der Waals surface area contributed by atoms with Crippen LogP contribution in [0.2, 0.25) is 0 Å². The van der Waals surface area contributed by atoms with Gasteiger partial charge in [-0.3, -0.25) is 0 Å². The number of halogens is 9. The van der Waals surface area contributed by atoms with Gasteiger partial charge in [-0.1, -0.05) is 37.1 Å². The summed E-state index contributed by atoms with van der Waals surface area (Å²) in [4.78, 5) is 0. The van der Waals surface area contributed by atoms with Crippen molar-refractivity contribution < 1.29 is 44.3 Å². The van der Waals surface area contributed by atoms with Gasteiger partial charge in [0.15, 0.2) is 17.5 Å². The second-order valence-corrected chi connectivity index (χ2v) is 9.55. The molecule has 1 saturated carbocycles. The van der Waals surface area contributed by atoms with E-state index >= 15 is 0 Å². The first-order valence-electron chi connectivity index (χ1n) is 12.2. The normalized spacial score (nSPS) is 14.1. The Bertz CT molecular complexity index is 1510. The van der Waals surface area contributed by atoms with Crippen LogP contribution in [0.5, 0.6) is 5.75 Å². The number of ether oxygens (including phenoxy) is 1. The number of hydrogen-bond acceptors (Lipinski definition) is 1. The van der Waals surface area contributed by atoms with E-state index in [0.717, 1.165) is 31.2 Å². The monoisotopic (exact) mass is 566 g/mol. The van der Waals surface area contributed by atoms with Crippen molar-refractivity contribution in [2.75, 3.05) is 0 Å². The largest absolute Gasteiger partial charge is 0.432 e. The topological polar surface area (TPSA) is 9.23 Å². The molecular weight excluding hydrogens is 547 g/mol. The maximum absolute atomic E-state index is 14.9. The van der Waals surface area contributed by atoms with E-state index in [0.29, 0.717) is 35.7 Å². The Labute approximate surface area is 222 Å². The van der Waals surface area contributed by atoms with Crippen LogP contribution < -0.4 is 4.74 Å². The van der Waals surface area contributed by atoms with Gasteiger partial charge in [-0.15, -0.1) is 0 Å². The van der Waals surface area contributed by atoms with Gasteiger partial charge in [0.1, 0.15) is 34.6 Å². The Morgan fingerprint density at radius 2 is 1.07 bits per heavy atom. The van der Waals surface area contributed by atoms with E-state index in [9.17, 15) is 39.5 Å². The lowest BCUT2D eigenvalue weighted by molar-refractivity contribution is -0.189. The van der Waals surface area contributed by atoms with Crippen LogP contribution in [0.25, 0.3) is 22.3 Å². The zero-order chi connectivity index (χ0) is 28.8. The maximum Gasteiger partial charge on any atom is 0.432 e. The minimum absolute atomic E-state index is 0.00674.